The van der Waals surface area contributed by atoms with Gasteiger partial charge < -0.3 is 34.1 Å². The Morgan fingerprint density at radius 2 is 1.17 bits per heavy atom. The molecule has 0 aliphatic heterocycles. The number of anilines is 1. The normalized spacial score (nSPS) is 9.52. The van der Waals surface area contributed by atoms with E-state index in [1.54, 1.807) is 59.4 Å². The first-order valence-electron chi connectivity index (χ1n) is 13.6. The van der Waals surface area contributed by atoms with Crippen molar-refractivity contribution in [1.29, 1.82) is 0 Å². The van der Waals surface area contributed by atoms with Gasteiger partial charge in [-0.15, -0.1) is 0 Å². The van der Waals surface area contributed by atoms with Crippen LogP contribution in [0.15, 0.2) is 92.2 Å². The van der Waals surface area contributed by atoms with Crippen LogP contribution in [-0.2, 0) is 0 Å². The third-order valence-corrected chi connectivity index (χ3v) is 6.96. The predicted molar refractivity (Wildman–Crippen MR) is 203 cm³/mol. The van der Waals surface area contributed by atoms with E-state index >= 15 is 0 Å². The molecule has 3 aromatic carbocycles. The van der Waals surface area contributed by atoms with Crippen LogP contribution in [0.3, 0.4) is 0 Å². The summed E-state index contributed by atoms with van der Waals surface area (Å²) >= 11 is 22.4. The molecule has 3 heterocycles. The molecule has 16 nitrogen and oxygen atoms in total. The minimum absolute atomic E-state index is 0. The molecule has 0 unspecified atom stereocenters. The number of rotatable bonds is 7. The van der Waals surface area contributed by atoms with Crippen molar-refractivity contribution in [3.63, 3.8) is 0 Å². The number of ether oxygens (including phenoxy) is 3. The number of nitrogens with zero attached hydrogens (tertiary/aromatic N) is 7. The molecule has 0 bridgehead atoms. The first kappa shape index (κ1) is 44.5. The smallest absolute Gasteiger partial charge is 0.273 e. The first-order valence-corrected chi connectivity index (χ1v) is 15.1. The number of nitro groups is 2. The van der Waals surface area contributed by atoms with Gasteiger partial charge in [0, 0.05) is 36.3 Å². The number of halogens is 4. The summed E-state index contributed by atoms with van der Waals surface area (Å²) in [5, 5.41) is 22.6. The molecule has 6 rings (SSSR count). The number of nitrogens with one attached hydrogen (secondary N) is 1. The molecule has 3 aromatic heterocycles. The van der Waals surface area contributed by atoms with Crippen LogP contribution < -0.4 is 19.9 Å². The summed E-state index contributed by atoms with van der Waals surface area (Å²) in [6.45, 7) is 0. The van der Waals surface area contributed by atoms with E-state index in [0.717, 1.165) is 5.69 Å². The molecule has 6 aromatic rings. The molecule has 0 aliphatic carbocycles. The topological polar surface area (TPSA) is 204 Å². The molecule has 0 fully saturated rings. The van der Waals surface area contributed by atoms with E-state index in [2.05, 4.69) is 19.9 Å². The molecule has 20 heteroatoms. The van der Waals surface area contributed by atoms with Gasteiger partial charge in [0.15, 0.2) is 0 Å². The van der Waals surface area contributed by atoms with Crippen LogP contribution >= 0.6 is 46.4 Å². The third-order valence-electron chi connectivity index (χ3n) is 6.05. The average Bonchev–Trinajstić information content (AvgIpc) is 3.88. The summed E-state index contributed by atoms with van der Waals surface area (Å²) in [5.74, 6) is 1.38. The van der Waals surface area contributed by atoms with Gasteiger partial charge in [-0.1, -0.05) is 61.3 Å². The monoisotopic (exact) mass is 797 g/mol. The minimum atomic E-state index is -0.501. The predicted octanol–water partition coefficient (Wildman–Crippen LogP) is 9.15. The van der Waals surface area contributed by atoms with Crippen molar-refractivity contribution in [2.75, 3.05) is 27.1 Å². The van der Waals surface area contributed by atoms with Gasteiger partial charge >= 0.3 is 0 Å². The lowest BCUT2D eigenvalue weighted by Crippen LogP contribution is -1.97. The molecule has 0 radical (unpaired) electrons. The molecule has 278 valence electrons. The van der Waals surface area contributed by atoms with Gasteiger partial charge in [0.05, 0.1) is 72.2 Å². The average molecular weight is 800 g/mol. The zero-order chi connectivity index (χ0) is 36.8. The number of aromatic amines is 1. The van der Waals surface area contributed by atoms with Gasteiger partial charge in [-0.05, 0) is 24.3 Å². The second-order valence-electron chi connectivity index (χ2n) is 9.23. The van der Waals surface area contributed by atoms with E-state index in [0.29, 0.717) is 49.1 Å². The highest BCUT2D eigenvalue weighted by atomic mass is 35.5. The Bertz CT molecular complexity index is 2020. The van der Waals surface area contributed by atoms with Crippen LogP contribution in [0.2, 0.25) is 20.5 Å². The number of imidazole rings is 3. The van der Waals surface area contributed by atoms with E-state index in [9.17, 15) is 20.2 Å². The number of methoxy groups -OCH3 is 3. The summed E-state index contributed by atoms with van der Waals surface area (Å²) in [5.41, 5.74) is 7.74. The fourth-order valence-electron chi connectivity index (χ4n) is 3.76. The van der Waals surface area contributed by atoms with Gasteiger partial charge in [-0.2, -0.15) is 0 Å². The van der Waals surface area contributed by atoms with Crippen LogP contribution in [0.25, 0.3) is 11.4 Å². The van der Waals surface area contributed by atoms with E-state index in [4.69, 9.17) is 66.3 Å². The van der Waals surface area contributed by atoms with Gasteiger partial charge in [-0.25, -0.2) is 15.0 Å². The third kappa shape index (κ3) is 13.0. The molecule has 0 aliphatic rings. The van der Waals surface area contributed by atoms with Crippen LogP contribution in [0.5, 0.6) is 17.2 Å². The standard InChI is InChI=1S/C10H8ClN3O3.C10H10ClN3O.C7H6ClNO3.C3H3ClN2.2CH4/c1-17-9-4-7(14(15)16)2-3-8(9)13-5-10(11)12-6-13;1-15-9-4-7(12)2-3-8(9)14-5-10(11)13-6-14;1-12-7-4-5(9(10)11)2-3-6(7)8;4-3-1-5-2-6-3;;/h2-6H,1H3;2-6H,12H2,1H3;2-4H,1H3;1-2H,(H,5,6);2*1H4. The lowest BCUT2D eigenvalue weighted by Gasteiger charge is -2.09. The van der Waals surface area contributed by atoms with Gasteiger partial charge in [0.25, 0.3) is 11.4 Å². The zero-order valence-electron chi connectivity index (χ0n) is 26.2. The van der Waals surface area contributed by atoms with Crippen LogP contribution in [0.1, 0.15) is 14.9 Å². The molecule has 0 spiro atoms. The first-order chi connectivity index (χ1) is 23.9. The molecule has 0 amide bonds. The maximum atomic E-state index is 10.6. The lowest BCUT2D eigenvalue weighted by molar-refractivity contribution is -0.385. The molecule has 3 N–H and O–H groups in total. The Morgan fingerprint density at radius 1 is 0.712 bits per heavy atom. The molecule has 0 saturated carbocycles. The Balaban J connectivity index is 0.000000358. The Hall–Kier alpha value is -5.55. The molecule has 52 heavy (non-hydrogen) atoms. The number of non-ortho nitro benzene ring substituents is 2. The number of aromatic nitrogens is 6. The van der Waals surface area contributed by atoms with E-state index in [1.165, 1.54) is 57.2 Å². The van der Waals surface area contributed by atoms with Crippen molar-refractivity contribution >= 4 is 63.5 Å². The van der Waals surface area contributed by atoms with Crippen molar-refractivity contribution < 1.29 is 24.1 Å². The van der Waals surface area contributed by atoms with Crippen LogP contribution in [0, 0.1) is 20.2 Å². The molecule has 0 saturated heterocycles. The van der Waals surface area contributed by atoms with Gasteiger partial charge in [-0.3, -0.25) is 20.2 Å². The number of nitrogen functional groups attached to an aromatic ring is 1. The second-order valence-corrected chi connectivity index (χ2v) is 10.8. The summed E-state index contributed by atoms with van der Waals surface area (Å²) in [6.07, 6.45) is 9.49. The number of hydrogen-bond acceptors (Lipinski definition) is 11. The Morgan fingerprint density at radius 3 is 1.56 bits per heavy atom. The maximum absolute atomic E-state index is 10.6. The summed E-state index contributed by atoms with van der Waals surface area (Å²) in [7, 11) is 4.45. The molecular weight excluding hydrogens is 764 g/mol. The fraction of sp³-hybridized carbons (Fsp3) is 0.156. The van der Waals surface area contributed by atoms with Gasteiger partial charge in [0.1, 0.15) is 45.4 Å². The van der Waals surface area contributed by atoms with E-state index < -0.39 is 9.85 Å². The highest BCUT2D eigenvalue weighted by Gasteiger charge is 2.13. The Labute approximate surface area is 318 Å². The van der Waals surface area contributed by atoms with Crippen molar-refractivity contribution in [1.82, 2.24) is 29.1 Å². The summed E-state index contributed by atoms with van der Waals surface area (Å²) < 4.78 is 18.5. The number of hydrogen-bond donors (Lipinski definition) is 2. The van der Waals surface area contributed by atoms with Crippen molar-refractivity contribution in [2.45, 2.75) is 14.9 Å². The zero-order valence-corrected chi connectivity index (χ0v) is 29.3. The number of nitro benzene ring substituents is 2. The maximum Gasteiger partial charge on any atom is 0.273 e. The van der Waals surface area contributed by atoms with E-state index in [1.807, 2.05) is 6.07 Å². The number of benzene rings is 3. The molecular formula is C32H35Cl4N9O7. The SMILES string of the molecule is C.C.COc1cc(N)ccc1-n1cnc(Cl)c1.COc1cc([N+](=O)[O-])ccc1-n1cnc(Cl)c1.COc1cc([N+](=O)[O-])ccc1Cl.Clc1cnc[nH]1. The highest BCUT2D eigenvalue weighted by molar-refractivity contribution is 6.32. The van der Waals surface area contributed by atoms with Crippen LogP contribution in [0.4, 0.5) is 17.1 Å². The summed E-state index contributed by atoms with van der Waals surface area (Å²) in [4.78, 5) is 34.0. The van der Waals surface area contributed by atoms with Crippen molar-refractivity contribution in [3.8, 4) is 28.6 Å². The minimum Gasteiger partial charge on any atom is -0.495 e. The molecule has 0 atom stereocenters. The fourth-order valence-corrected chi connectivity index (χ4v) is 4.36. The second kappa shape index (κ2) is 21.6. The summed E-state index contributed by atoms with van der Waals surface area (Å²) in [6, 6.07) is 13.8. The van der Waals surface area contributed by atoms with Crippen molar-refractivity contribution in [3.05, 3.63) is 133 Å². The van der Waals surface area contributed by atoms with Crippen molar-refractivity contribution in [2.24, 2.45) is 0 Å². The van der Waals surface area contributed by atoms with E-state index in [-0.39, 0.29) is 26.2 Å². The quantitative estimate of drug-likeness (QED) is 0.0885. The van der Waals surface area contributed by atoms with Crippen LogP contribution in [-0.4, -0.2) is 60.2 Å². The number of nitrogens with two attached hydrogens (primary N) is 1. The Kier molecular flexibility index (Phi) is 18.5. The van der Waals surface area contributed by atoms with Gasteiger partial charge in [0.2, 0.25) is 0 Å². The lowest BCUT2D eigenvalue weighted by atomic mass is 10.2. The largest absolute Gasteiger partial charge is 0.495 e. The number of H-pyrrole nitrogens is 1. The highest BCUT2D eigenvalue weighted by Crippen LogP contribution is 2.29.